The molecule has 2 aliphatic rings. The van der Waals surface area contributed by atoms with Crippen LogP contribution in [0.25, 0.3) is 5.65 Å². The van der Waals surface area contributed by atoms with Crippen LogP contribution in [0.3, 0.4) is 0 Å². The lowest BCUT2D eigenvalue weighted by Gasteiger charge is -2.29. The molecule has 2 fully saturated rings. The first-order chi connectivity index (χ1) is 20.5. The summed E-state index contributed by atoms with van der Waals surface area (Å²) in [7, 11) is 0. The van der Waals surface area contributed by atoms with Gasteiger partial charge in [0, 0.05) is 56.3 Å². The molecule has 0 radical (unpaired) electrons. The minimum absolute atomic E-state index is 0.0375. The summed E-state index contributed by atoms with van der Waals surface area (Å²) < 4.78 is 17.6. The number of nitrogens with zero attached hydrogens (tertiary/aromatic N) is 6. The minimum Gasteiger partial charge on any atom is -0.379 e. The van der Waals surface area contributed by atoms with Gasteiger partial charge in [0.1, 0.15) is 5.82 Å². The fourth-order valence-electron chi connectivity index (χ4n) is 5.37. The third-order valence-electron chi connectivity index (χ3n) is 7.81. The van der Waals surface area contributed by atoms with Crippen LogP contribution >= 0.6 is 0 Å². The van der Waals surface area contributed by atoms with E-state index in [1.807, 2.05) is 16.8 Å². The highest BCUT2D eigenvalue weighted by Gasteiger charge is 2.26. The average Bonchev–Trinajstić information content (AvgIpc) is 3.45. The molecule has 0 aromatic carbocycles. The molecule has 4 heterocycles. The Hall–Kier alpha value is -4.55. The molecule has 2 aliphatic carbocycles. The number of carbonyl (C=O) groups is 2. The molecule has 0 atom stereocenters. The van der Waals surface area contributed by atoms with Crippen LogP contribution in [-0.2, 0) is 11.3 Å². The van der Waals surface area contributed by atoms with Crippen LogP contribution in [0.2, 0.25) is 0 Å². The number of hydrogen-bond donors (Lipinski definition) is 4. The maximum atomic E-state index is 14.1. The summed E-state index contributed by atoms with van der Waals surface area (Å²) >= 11 is 0. The molecule has 6 rings (SSSR count). The van der Waals surface area contributed by atoms with Crippen molar-refractivity contribution in [2.75, 3.05) is 22.5 Å². The highest BCUT2D eigenvalue weighted by molar-refractivity contribution is 6.03. The van der Waals surface area contributed by atoms with Crippen molar-refractivity contribution in [3.8, 4) is 0 Å². The zero-order chi connectivity index (χ0) is 28.9. The van der Waals surface area contributed by atoms with Crippen LogP contribution < -0.4 is 21.3 Å². The van der Waals surface area contributed by atoms with Crippen molar-refractivity contribution >= 4 is 34.7 Å². The van der Waals surface area contributed by atoms with Crippen molar-refractivity contribution < 1.29 is 14.0 Å². The first-order valence-corrected chi connectivity index (χ1v) is 14.6. The van der Waals surface area contributed by atoms with Gasteiger partial charge < -0.3 is 25.8 Å². The zero-order valence-corrected chi connectivity index (χ0v) is 23.3. The van der Waals surface area contributed by atoms with Crippen molar-refractivity contribution in [1.82, 2.24) is 34.4 Å². The Bertz CT molecular complexity index is 1530. The van der Waals surface area contributed by atoms with Gasteiger partial charge in [0.05, 0.1) is 30.1 Å². The Morgan fingerprint density at radius 3 is 2.55 bits per heavy atom. The monoisotopic (exact) mass is 574 g/mol. The maximum Gasteiger partial charge on any atom is 0.276 e. The van der Waals surface area contributed by atoms with Crippen molar-refractivity contribution in [2.45, 2.75) is 70.0 Å². The van der Waals surface area contributed by atoms with Crippen LogP contribution in [0, 0.1) is 11.7 Å². The van der Waals surface area contributed by atoms with Gasteiger partial charge in [-0.05, 0) is 56.9 Å². The van der Waals surface area contributed by atoms with Gasteiger partial charge in [-0.25, -0.2) is 18.9 Å². The van der Waals surface area contributed by atoms with Gasteiger partial charge in [-0.2, -0.15) is 0 Å². The van der Waals surface area contributed by atoms with Crippen LogP contribution in [-0.4, -0.2) is 59.6 Å². The molecule has 2 amide bonds. The number of pyridine rings is 1. The predicted octanol–water partition coefficient (Wildman–Crippen LogP) is 3.85. The van der Waals surface area contributed by atoms with Crippen LogP contribution in [0.5, 0.6) is 0 Å². The van der Waals surface area contributed by atoms with E-state index in [0.717, 1.165) is 63.4 Å². The van der Waals surface area contributed by atoms with E-state index in [1.165, 1.54) is 23.0 Å². The van der Waals surface area contributed by atoms with Gasteiger partial charge >= 0.3 is 0 Å². The van der Waals surface area contributed by atoms with Gasteiger partial charge in [0.2, 0.25) is 5.91 Å². The minimum atomic E-state index is -0.621. The maximum absolute atomic E-state index is 14.1. The van der Waals surface area contributed by atoms with Crippen molar-refractivity contribution in [2.24, 2.45) is 5.92 Å². The molecule has 12 nitrogen and oxygen atoms in total. The lowest BCUT2D eigenvalue weighted by Crippen LogP contribution is -2.31. The fourth-order valence-corrected chi connectivity index (χ4v) is 5.37. The van der Waals surface area contributed by atoms with E-state index in [-0.39, 0.29) is 23.3 Å². The summed E-state index contributed by atoms with van der Waals surface area (Å²) in [4.78, 5) is 37.7. The number of anilines is 3. The number of halogens is 1. The molecule has 0 saturated heterocycles. The third-order valence-corrected chi connectivity index (χ3v) is 7.81. The number of imidazole rings is 2. The number of amides is 2. The van der Waals surface area contributed by atoms with Gasteiger partial charge in [-0.1, -0.05) is 0 Å². The second kappa shape index (κ2) is 12.5. The molecule has 0 unspecified atom stereocenters. The second-order valence-corrected chi connectivity index (χ2v) is 11.1. The van der Waals surface area contributed by atoms with Gasteiger partial charge in [0.25, 0.3) is 5.91 Å². The van der Waals surface area contributed by atoms with Crippen LogP contribution in [0.1, 0.15) is 61.9 Å². The summed E-state index contributed by atoms with van der Waals surface area (Å²) in [6.45, 7) is 1.49. The molecule has 4 aromatic rings. The van der Waals surface area contributed by atoms with E-state index in [4.69, 9.17) is 5.10 Å². The predicted molar refractivity (Wildman–Crippen MR) is 156 cm³/mol. The highest BCUT2D eigenvalue weighted by atomic mass is 19.1. The Balaban J connectivity index is 1.06. The summed E-state index contributed by atoms with van der Waals surface area (Å²) in [6.07, 6.45) is 16.7. The summed E-state index contributed by atoms with van der Waals surface area (Å²) in [6, 6.07) is 3.91. The molecule has 42 heavy (non-hydrogen) atoms. The molecule has 13 heteroatoms. The van der Waals surface area contributed by atoms with Crippen LogP contribution in [0.15, 0.2) is 49.4 Å². The topological polar surface area (TPSA) is 143 Å². The Morgan fingerprint density at radius 1 is 0.976 bits per heavy atom. The van der Waals surface area contributed by atoms with E-state index in [1.54, 1.807) is 12.5 Å². The summed E-state index contributed by atoms with van der Waals surface area (Å²) in [5.74, 6) is -0.0407. The summed E-state index contributed by atoms with van der Waals surface area (Å²) in [5.41, 5.74) is 1.56. The molecule has 2 saturated carbocycles. The normalized spacial score (nSPS) is 18.5. The number of fused-ring (bicyclic) bond motifs is 1. The zero-order valence-electron chi connectivity index (χ0n) is 23.3. The third kappa shape index (κ3) is 6.84. The molecule has 0 aliphatic heterocycles. The molecule has 0 bridgehead atoms. The number of hydrogen-bond acceptors (Lipinski definition) is 8. The molecule has 0 spiro atoms. The van der Waals surface area contributed by atoms with E-state index in [9.17, 15) is 14.0 Å². The van der Waals surface area contributed by atoms with Crippen molar-refractivity contribution in [1.29, 1.82) is 0 Å². The molecule has 4 aromatic heterocycles. The second-order valence-electron chi connectivity index (χ2n) is 11.1. The number of nitrogens with one attached hydrogen (secondary N) is 4. The van der Waals surface area contributed by atoms with Gasteiger partial charge in [0.15, 0.2) is 17.2 Å². The molecule has 220 valence electrons. The van der Waals surface area contributed by atoms with Crippen molar-refractivity contribution in [3.63, 3.8) is 0 Å². The largest absolute Gasteiger partial charge is 0.379 e. The number of aromatic nitrogens is 6. The average molecular weight is 575 g/mol. The SMILES string of the molecule is O=C(CC1CCC(Nc2cc(NC3CC3)c3ncc(C(=O)Nc4ccncc4F)n3n2)CC1)NCCCn1ccnc1. The van der Waals surface area contributed by atoms with Crippen molar-refractivity contribution in [3.05, 3.63) is 61.0 Å². The summed E-state index contributed by atoms with van der Waals surface area (Å²) in [5, 5.41) is 17.4. The first-order valence-electron chi connectivity index (χ1n) is 14.6. The van der Waals surface area contributed by atoms with Gasteiger partial charge in [-0.15, -0.1) is 5.10 Å². The van der Waals surface area contributed by atoms with E-state index < -0.39 is 11.7 Å². The van der Waals surface area contributed by atoms with E-state index in [0.29, 0.717) is 36.4 Å². The van der Waals surface area contributed by atoms with E-state index >= 15 is 0 Å². The quantitative estimate of drug-likeness (QED) is 0.187. The molecular weight excluding hydrogens is 539 g/mol. The molecular formula is C29H35FN10O2. The Morgan fingerprint density at radius 2 is 1.79 bits per heavy atom. The Labute approximate surface area is 242 Å². The highest BCUT2D eigenvalue weighted by Crippen LogP contribution is 2.31. The van der Waals surface area contributed by atoms with Gasteiger partial charge in [-0.3, -0.25) is 14.6 Å². The Kier molecular flexibility index (Phi) is 8.24. The standard InChI is InChI=1S/C29H35FN10O2/c30-22-16-31-10-8-23(22)37-29(42)25-17-34-28-24(35-20-6-7-20)15-26(38-40(25)28)36-21-4-2-19(3-5-21)14-27(41)33-9-1-12-39-13-11-32-18-39/h8,10-11,13,15-21,35H,1-7,9,12,14H2,(H,33,41)(H,36,38)(H,31,37,42). The molecule has 4 N–H and O–H groups in total. The van der Waals surface area contributed by atoms with E-state index in [2.05, 4.69) is 36.2 Å². The number of rotatable bonds is 12. The number of carbonyl (C=O) groups excluding carboxylic acids is 2. The smallest absolute Gasteiger partial charge is 0.276 e. The number of aryl methyl sites for hydroxylation is 1. The lowest BCUT2D eigenvalue weighted by atomic mass is 9.84. The van der Waals surface area contributed by atoms with Crippen LogP contribution in [0.4, 0.5) is 21.6 Å². The first kappa shape index (κ1) is 27.6. The lowest BCUT2D eigenvalue weighted by molar-refractivity contribution is -0.122. The fraction of sp³-hybridized carbons (Fsp3) is 0.448.